The van der Waals surface area contributed by atoms with Crippen LogP contribution in [0.3, 0.4) is 0 Å². The maximum absolute atomic E-state index is 14.0. The van der Waals surface area contributed by atoms with Crippen molar-refractivity contribution in [3.05, 3.63) is 71.5 Å². The third-order valence-electron chi connectivity index (χ3n) is 4.51. The summed E-state index contributed by atoms with van der Waals surface area (Å²) in [5.74, 6) is 0.118. The van der Waals surface area contributed by atoms with Crippen molar-refractivity contribution in [2.45, 2.75) is 0 Å². The summed E-state index contributed by atoms with van der Waals surface area (Å²) in [6.07, 6.45) is 6.21. The summed E-state index contributed by atoms with van der Waals surface area (Å²) in [4.78, 5) is 12.9. The van der Waals surface area contributed by atoms with Crippen molar-refractivity contribution < 1.29 is 8.96 Å². The third kappa shape index (κ3) is 4.13. The van der Waals surface area contributed by atoms with Gasteiger partial charge in [0.25, 0.3) is 0 Å². The van der Waals surface area contributed by atoms with Gasteiger partial charge in [0, 0.05) is 22.8 Å². The van der Waals surface area contributed by atoms with Crippen molar-refractivity contribution in [3.63, 3.8) is 0 Å². The lowest BCUT2D eigenvalue weighted by molar-refractivity contribution is 0.588. The second-order valence-electron chi connectivity index (χ2n) is 7.02. The van der Waals surface area contributed by atoms with Crippen LogP contribution in [0.15, 0.2) is 55.1 Å². The topological polar surface area (TPSA) is 72.7 Å². The summed E-state index contributed by atoms with van der Waals surface area (Å²) >= 11 is 6.07. The number of aromatic nitrogens is 4. The average molecular weight is 442 g/mol. The van der Waals surface area contributed by atoms with Gasteiger partial charge in [0.1, 0.15) is 25.6 Å². The zero-order valence-electron chi connectivity index (χ0n) is 16.3. The maximum Gasteiger partial charge on any atom is 0.169 e. The molecule has 152 valence electrons. The number of hydrogen-bond donors (Lipinski definition) is 1. The molecule has 6 nitrogen and oxygen atoms in total. The van der Waals surface area contributed by atoms with Crippen molar-refractivity contribution in [3.8, 4) is 0 Å². The van der Waals surface area contributed by atoms with E-state index in [9.17, 15) is 8.96 Å². The van der Waals surface area contributed by atoms with Gasteiger partial charge >= 0.3 is 0 Å². The molecule has 4 aromatic rings. The molecule has 30 heavy (non-hydrogen) atoms. The normalized spacial score (nSPS) is 12.0. The highest BCUT2D eigenvalue weighted by atomic mass is 35.5. The van der Waals surface area contributed by atoms with E-state index in [1.807, 2.05) is 24.3 Å². The molecule has 2 heterocycles. The molecule has 2 aromatic heterocycles. The van der Waals surface area contributed by atoms with Gasteiger partial charge in [0.05, 0.1) is 5.02 Å². The zero-order valence-corrected chi connectivity index (χ0v) is 17.9. The largest absolute Gasteiger partial charge is 0.338 e. The number of nitrogens with zero attached hydrogens (tertiary/aromatic N) is 4. The number of halogens is 2. The molecule has 4 rings (SSSR count). The number of benzene rings is 2. The first-order valence-corrected chi connectivity index (χ1v) is 12.0. The Bertz CT molecular complexity index is 1280. The fourth-order valence-electron chi connectivity index (χ4n) is 2.92. The molecule has 0 radical (unpaired) electrons. The lowest BCUT2D eigenvalue weighted by Gasteiger charge is -2.09. The smallest absolute Gasteiger partial charge is 0.169 e. The lowest BCUT2D eigenvalue weighted by Crippen LogP contribution is -2.03. The highest BCUT2D eigenvalue weighted by Crippen LogP contribution is 2.35. The number of hydrogen-bond acceptors (Lipinski definition) is 5. The van der Waals surface area contributed by atoms with Crippen molar-refractivity contribution >= 4 is 59.0 Å². The van der Waals surface area contributed by atoms with Gasteiger partial charge in [-0.3, -0.25) is 4.57 Å². The third-order valence-corrected chi connectivity index (χ3v) is 6.38. The summed E-state index contributed by atoms with van der Waals surface area (Å²) in [6.45, 7) is 3.47. The first kappa shape index (κ1) is 20.3. The van der Waals surface area contributed by atoms with E-state index < -0.39 is 13.0 Å². The number of fused-ring (bicyclic) bond motifs is 1. The van der Waals surface area contributed by atoms with Gasteiger partial charge in [0.2, 0.25) is 0 Å². The SMILES string of the molecule is CP(C)(=O)c1ccc(Nc2ncnc3c2ncn3C=Cc2c(F)cccc2Cl)cc1. The van der Waals surface area contributed by atoms with Gasteiger partial charge in [-0.2, -0.15) is 0 Å². The average Bonchev–Trinajstić information content (AvgIpc) is 3.12. The monoisotopic (exact) mass is 441 g/mol. The van der Waals surface area contributed by atoms with Gasteiger partial charge < -0.3 is 9.88 Å². The van der Waals surface area contributed by atoms with E-state index in [-0.39, 0.29) is 5.56 Å². The van der Waals surface area contributed by atoms with E-state index in [1.165, 1.54) is 12.4 Å². The maximum atomic E-state index is 14.0. The fourth-order valence-corrected chi connectivity index (χ4v) is 4.01. The predicted molar refractivity (Wildman–Crippen MR) is 121 cm³/mol. The van der Waals surface area contributed by atoms with Crippen LogP contribution >= 0.6 is 18.7 Å². The van der Waals surface area contributed by atoms with Gasteiger partial charge in [-0.1, -0.05) is 17.7 Å². The fraction of sp³-hybridized carbons (Fsp3) is 0.0952. The summed E-state index contributed by atoms with van der Waals surface area (Å²) in [7, 11) is -2.31. The van der Waals surface area contributed by atoms with Crippen LogP contribution in [0.1, 0.15) is 5.56 Å². The predicted octanol–water partition coefficient (Wildman–Crippen LogP) is 5.24. The Kier molecular flexibility index (Phi) is 5.41. The van der Waals surface area contributed by atoms with E-state index >= 15 is 0 Å². The molecular weight excluding hydrogens is 424 g/mol. The summed E-state index contributed by atoms with van der Waals surface area (Å²) in [5.41, 5.74) is 2.19. The van der Waals surface area contributed by atoms with Crippen LogP contribution in [0.2, 0.25) is 5.02 Å². The van der Waals surface area contributed by atoms with Crippen LogP contribution in [0.25, 0.3) is 23.4 Å². The summed E-state index contributed by atoms with van der Waals surface area (Å²) < 4.78 is 27.8. The van der Waals surface area contributed by atoms with Crippen LogP contribution in [0, 0.1) is 5.82 Å². The molecule has 0 amide bonds. The molecule has 0 unspecified atom stereocenters. The minimum absolute atomic E-state index is 0.289. The molecule has 0 atom stereocenters. The number of rotatable bonds is 5. The molecule has 0 bridgehead atoms. The molecule has 0 saturated carbocycles. The minimum atomic E-state index is -2.31. The van der Waals surface area contributed by atoms with Crippen LogP contribution in [-0.2, 0) is 4.57 Å². The van der Waals surface area contributed by atoms with Gasteiger partial charge in [-0.15, -0.1) is 0 Å². The van der Waals surface area contributed by atoms with E-state index in [2.05, 4.69) is 20.3 Å². The first-order valence-electron chi connectivity index (χ1n) is 9.05. The summed E-state index contributed by atoms with van der Waals surface area (Å²) in [5, 5.41) is 4.34. The number of anilines is 2. The Hall–Kier alpha value is -3.02. The van der Waals surface area contributed by atoms with E-state index in [1.54, 1.807) is 48.6 Å². The number of nitrogens with one attached hydrogen (secondary N) is 1. The van der Waals surface area contributed by atoms with Gasteiger partial charge in [-0.05, 0) is 55.8 Å². The standard InChI is InChI=1S/C21H18ClFN5OP/c1-30(2,29)15-8-6-14(7-9-15)27-20-19-21(25-12-24-20)28(13-26-19)11-10-16-17(22)4-3-5-18(16)23/h3-13H,1-2H3,(H,24,25,27). The molecule has 0 spiro atoms. The molecule has 2 aromatic carbocycles. The Labute approximate surface area is 177 Å². The Morgan fingerprint density at radius 1 is 1.10 bits per heavy atom. The van der Waals surface area contributed by atoms with E-state index in [4.69, 9.17) is 11.6 Å². The van der Waals surface area contributed by atoms with Gasteiger partial charge in [0.15, 0.2) is 17.0 Å². The Morgan fingerprint density at radius 2 is 1.87 bits per heavy atom. The first-order chi connectivity index (χ1) is 14.3. The zero-order chi connectivity index (χ0) is 21.3. The Balaban J connectivity index is 1.64. The molecule has 0 aliphatic heterocycles. The number of imidazole rings is 1. The second kappa shape index (κ2) is 8.01. The molecule has 0 fully saturated rings. The molecule has 1 N–H and O–H groups in total. The minimum Gasteiger partial charge on any atom is -0.338 e. The molecule has 0 saturated heterocycles. The van der Waals surface area contributed by atoms with Crippen molar-refractivity contribution in [2.75, 3.05) is 18.6 Å². The van der Waals surface area contributed by atoms with Crippen molar-refractivity contribution in [2.24, 2.45) is 0 Å². The Morgan fingerprint density at radius 3 is 2.57 bits per heavy atom. The quantitative estimate of drug-likeness (QED) is 0.429. The molecule has 9 heteroatoms. The molecular formula is C21H18ClFN5OP. The molecule has 0 aliphatic rings. The van der Waals surface area contributed by atoms with Gasteiger partial charge in [-0.25, -0.2) is 19.3 Å². The van der Waals surface area contributed by atoms with E-state index in [0.717, 1.165) is 11.0 Å². The summed E-state index contributed by atoms with van der Waals surface area (Å²) in [6, 6.07) is 11.9. The van der Waals surface area contributed by atoms with Crippen molar-refractivity contribution in [1.82, 2.24) is 19.5 Å². The van der Waals surface area contributed by atoms with Crippen LogP contribution in [0.4, 0.5) is 15.9 Å². The van der Waals surface area contributed by atoms with Crippen LogP contribution in [-0.4, -0.2) is 32.8 Å². The van der Waals surface area contributed by atoms with E-state index in [0.29, 0.717) is 22.0 Å². The highest BCUT2D eigenvalue weighted by Gasteiger charge is 2.12. The second-order valence-corrected chi connectivity index (χ2v) is 10.6. The van der Waals surface area contributed by atoms with Crippen LogP contribution < -0.4 is 10.6 Å². The molecule has 0 aliphatic carbocycles. The highest BCUT2D eigenvalue weighted by molar-refractivity contribution is 7.70. The lowest BCUT2D eigenvalue weighted by atomic mass is 10.2. The van der Waals surface area contributed by atoms with Crippen molar-refractivity contribution in [1.29, 1.82) is 0 Å². The van der Waals surface area contributed by atoms with Crippen LogP contribution in [0.5, 0.6) is 0 Å².